The number of piperidine rings is 1. The van der Waals surface area contributed by atoms with Crippen molar-refractivity contribution in [2.45, 2.75) is 62.8 Å². The number of hydrogen-bond donors (Lipinski definition) is 3. The van der Waals surface area contributed by atoms with Crippen LogP contribution in [0.1, 0.15) is 67.5 Å². The van der Waals surface area contributed by atoms with Crippen molar-refractivity contribution in [1.82, 2.24) is 20.6 Å². The zero-order chi connectivity index (χ0) is 17.7. The lowest BCUT2D eigenvalue weighted by Gasteiger charge is -2.56. The number of halogens is 2. The molecule has 0 radical (unpaired) electrons. The topological polar surface area (TPSA) is 86.9 Å². The van der Waals surface area contributed by atoms with Crippen LogP contribution in [0.15, 0.2) is 11.0 Å². The van der Waals surface area contributed by atoms with Crippen LogP contribution in [0, 0.1) is 17.8 Å². The van der Waals surface area contributed by atoms with Crippen molar-refractivity contribution in [1.29, 1.82) is 0 Å². The van der Waals surface area contributed by atoms with E-state index in [1.54, 1.807) is 0 Å². The summed E-state index contributed by atoms with van der Waals surface area (Å²) in [6.07, 6.45) is 11.1. The highest BCUT2D eigenvalue weighted by Crippen LogP contribution is 2.59. The molecule has 1 atom stereocenters. The molecule has 1 aromatic rings. The van der Waals surface area contributed by atoms with Crippen LogP contribution in [-0.4, -0.2) is 35.0 Å². The molecule has 8 heteroatoms. The van der Waals surface area contributed by atoms with Crippen molar-refractivity contribution >= 4 is 30.7 Å². The van der Waals surface area contributed by atoms with E-state index in [0.717, 1.165) is 68.8 Å². The Morgan fingerprint density at radius 1 is 1.11 bits per heavy atom. The summed E-state index contributed by atoms with van der Waals surface area (Å²) in [4.78, 5) is 32.8. The molecule has 3 N–H and O–H groups in total. The summed E-state index contributed by atoms with van der Waals surface area (Å²) in [7, 11) is 0. The van der Waals surface area contributed by atoms with Gasteiger partial charge in [-0.3, -0.25) is 9.59 Å². The number of nitrogens with one attached hydrogen (secondary N) is 3. The molecule has 5 fully saturated rings. The van der Waals surface area contributed by atoms with Gasteiger partial charge >= 0.3 is 0 Å². The molecule has 156 valence electrons. The second-order valence-electron chi connectivity index (χ2n) is 9.19. The molecule has 4 bridgehead atoms. The zero-order valence-electron chi connectivity index (χ0n) is 16.0. The first kappa shape index (κ1) is 21.6. The maximum atomic E-state index is 12.6. The number of hydrogen-bond acceptors (Lipinski definition) is 4. The number of aromatic nitrogens is 2. The smallest absolute Gasteiger partial charge is 0.263 e. The van der Waals surface area contributed by atoms with Crippen LogP contribution < -0.4 is 16.2 Å². The van der Waals surface area contributed by atoms with Crippen LogP contribution >= 0.6 is 24.8 Å². The number of rotatable bonds is 3. The number of carbonyl (C=O) groups excluding carboxylic acids is 1. The maximum Gasteiger partial charge on any atom is 0.263 e. The van der Waals surface area contributed by atoms with Crippen LogP contribution in [-0.2, 0) is 5.41 Å². The molecule has 5 aliphatic rings. The molecule has 28 heavy (non-hydrogen) atoms. The van der Waals surface area contributed by atoms with Gasteiger partial charge in [-0.15, -0.1) is 24.8 Å². The summed E-state index contributed by atoms with van der Waals surface area (Å²) >= 11 is 0. The molecule has 6 rings (SSSR count). The number of amides is 1. The van der Waals surface area contributed by atoms with Crippen molar-refractivity contribution < 1.29 is 4.79 Å². The van der Waals surface area contributed by atoms with Crippen LogP contribution in [0.2, 0.25) is 0 Å². The van der Waals surface area contributed by atoms with E-state index in [4.69, 9.17) is 0 Å². The Morgan fingerprint density at radius 2 is 1.75 bits per heavy atom. The van der Waals surface area contributed by atoms with E-state index < -0.39 is 0 Å². The van der Waals surface area contributed by atoms with E-state index in [9.17, 15) is 9.59 Å². The van der Waals surface area contributed by atoms with Gasteiger partial charge in [0.05, 0.1) is 0 Å². The predicted octanol–water partition coefficient (Wildman–Crippen LogP) is 2.56. The van der Waals surface area contributed by atoms with Crippen molar-refractivity contribution in [3.8, 4) is 0 Å². The third-order valence-corrected chi connectivity index (χ3v) is 7.22. The Hall–Kier alpha value is -1.11. The molecule has 6 nitrogen and oxygen atoms in total. The van der Waals surface area contributed by atoms with E-state index >= 15 is 0 Å². The summed E-state index contributed by atoms with van der Waals surface area (Å²) in [5, 5.41) is 6.24. The molecule has 0 unspecified atom stereocenters. The molecule has 4 saturated carbocycles. The molecule has 1 aromatic heterocycles. The molecular weight excluding hydrogens is 399 g/mol. The largest absolute Gasteiger partial charge is 0.348 e. The minimum absolute atomic E-state index is 0. The van der Waals surface area contributed by atoms with Gasteiger partial charge in [-0.05, 0) is 75.7 Å². The minimum atomic E-state index is -0.301. The first-order chi connectivity index (χ1) is 12.6. The van der Waals surface area contributed by atoms with Gasteiger partial charge in [0.25, 0.3) is 11.5 Å². The third-order valence-electron chi connectivity index (χ3n) is 7.22. The number of nitrogens with zero attached hydrogens (tertiary/aromatic N) is 1. The fourth-order valence-electron chi connectivity index (χ4n) is 6.46. The molecule has 2 heterocycles. The van der Waals surface area contributed by atoms with E-state index in [2.05, 4.69) is 20.6 Å². The summed E-state index contributed by atoms with van der Waals surface area (Å²) < 4.78 is 0. The van der Waals surface area contributed by atoms with E-state index in [-0.39, 0.29) is 53.3 Å². The Kier molecular flexibility index (Phi) is 6.42. The molecule has 1 saturated heterocycles. The highest BCUT2D eigenvalue weighted by Gasteiger charge is 2.52. The van der Waals surface area contributed by atoms with Crippen LogP contribution in [0.5, 0.6) is 0 Å². The van der Waals surface area contributed by atoms with Crippen LogP contribution in [0.4, 0.5) is 0 Å². The first-order valence-corrected chi connectivity index (χ1v) is 10.2. The summed E-state index contributed by atoms with van der Waals surface area (Å²) in [5.41, 5.74) is -0.0907. The highest BCUT2D eigenvalue weighted by molar-refractivity contribution is 5.93. The maximum absolute atomic E-state index is 12.6. The molecular formula is C20H30Cl2N4O2. The Labute approximate surface area is 177 Å². The lowest BCUT2D eigenvalue weighted by molar-refractivity contribution is -0.00954. The third kappa shape index (κ3) is 3.83. The SMILES string of the molecule is Cl.Cl.O=C(N[C@@H]1CCCNC1)c1cnc(C23CC4CC(CC(C4)C2)C3)[nH]c1=O. The Bertz CT molecular complexity index is 740. The Balaban J connectivity index is 0.00000112. The molecule has 4 aliphatic carbocycles. The molecule has 1 aliphatic heterocycles. The minimum Gasteiger partial charge on any atom is -0.348 e. The zero-order valence-corrected chi connectivity index (χ0v) is 17.7. The monoisotopic (exact) mass is 428 g/mol. The lowest BCUT2D eigenvalue weighted by atomic mass is 9.49. The van der Waals surface area contributed by atoms with Gasteiger partial charge < -0.3 is 15.6 Å². The summed E-state index contributed by atoms with van der Waals surface area (Å²) in [6.45, 7) is 1.76. The summed E-state index contributed by atoms with van der Waals surface area (Å²) in [6, 6.07) is 0.0958. The van der Waals surface area contributed by atoms with Crippen molar-refractivity contribution in [2.75, 3.05) is 13.1 Å². The molecule has 1 amide bonds. The number of H-pyrrole nitrogens is 1. The van der Waals surface area contributed by atoms with Crippen molar-refractivity contribution in [2.24, 2.45) is 17.8 Å². The number of aromatic amines is 1. The molecule has 0 spiro atoms. The normalized spacial score (nSPS) is 35.6. The van der Waals surface area contributed by atoms with Gasteiger partial charge in [0.1, 0.15) is 11.4 Å². The van der Waals surface area contributed by atoms with Crippen molar-refractivity contribution in [3.63, 3.8) is 0 Å². The fraction of sp³-hybridized carbons (Fsp3) is 0.750. The Morgan fingerprint density at radius 3 is 2.29 bits per heavy atom. The number of carbonyl (C=O) groups is 1. The lowest BCUT2D eigenvalue weighted by Crippen LogP contribution is -2.50. The standard InChI is InChI=1S/C20H28N4O2.2ClH/c25-17(23-15-2-1-3-21-10-15)16-11-22-19(24-18(16)26)20-7-12-4-13(8-20)6-14(5-12)9-20;;/h11-15,21H,1-10H2,(H,23,25)(H,22,24,26);2*1H/t12?,13?,14?,15-,20?;;/m1../s1. The van der Waals surface area contributed by atoms with E-state index in [0.29, 0.717) is 0 Å². The van der Waals surface area contributed by atoms with Gasteiger partial charge in [-0.25, -0.2) is 4.98 Å². The van der Waals surface area contributed by atoms with Crippen LogP contribution in [0.25, 0.3) is 0 Å². The average Bonchev–Trinajstić information content (AvgIpc) is 2.61. The van der Waals surface area contributed by atoms with E-state index in [1.165, 1.54) is 25.5 Å². The molecule has 0 aromatic carbocycles. The quantitative estimate of drug-likeness (QED) is 0.690. The first-order valence-electron chi connectivity index (χ1n) is 10.2. The predicted molar refractivity (Wildman–Crippen MR) is 113 cm³/mol. The van der Waals surface area contributed by atoms with Gasteiger partial charge in [-0.2, -0.15) is 0 Å². The second kappa shape index (κ2) is 8.33. The average molecular weight is 429 g/mol. The fourth-order valence-corrected chi connectivity index (χ4v) is 6.46. The van der Waals surface area contributed by atoms with Gasteiger partial charge in [-0.1, -0.05) is 0 Å². The van der Waals surface area contributed by atoms with E-state index in [1.807, 2.05) is 0 Å². The van der Waals surface area contributed by atoms with Gasteiger partial charge in [0.2, 0.25) is 0 Å². The highest BCUT2D eigenvalue weighted by atomic mass is 35.5. The summed E-state index contributed by atoms with van der Waals surface area (Å²) in [5.74, 6) is 2.93. The van der Waals surface area contributed by atoms with Crippen LogP contribution in [0.3, 0.4) is 0 Å². The van der Waals surface area contributed by atoms with Gasteiger partial charge in [0.15, 0.2) is 0 Å². The second-order valence-corrected chi connectivity index (χ2v) is 9.19. The van der Waals surface area contributed by atoms with Gasteiger partial charge in [0, 0.05) is 24.2 Å². The van der Waals surface area contributed by atoms with Crippen molar-refractivity contribution in [3.05, 3.63) is 27.9 Å².